The Balaban J connectivity index is 0.000000357. The monoisotopic (exact) mass is 246 g/mol. The van der Waals surface area contributed by atoms with Crippen molar-refractivity contribution in [2.75, 3.05) is 0 Å². The van der Waals surface area contributed by atoms with E-state index in [0.29, 0.717) is 0 Å². The number of amides is 2. The van der Waals surface area contributed by atoms with E-state index in [2.05, 4.69) is 54.0 Å². The molecule has 1 aliphatic carbocycles. The van der Waals surface area contributed by atoms with Crippen molar-refractivity contribution in [2.45, 2.75) is 32.1 Å². The number of benzene rings is 1. The van der Waals surface area contributed by atoms with Crippen LogP contribution in [-0.2, 0) is 6.42 Å². The van der Waals surface area contributed by atoms with Crippen LogP contribution < -0.4 is 11.5 Å². The summed E-state index contributed by atoms with van der Waals surface area (Å²) in [6, 6.07) is 9.85. The first-order valence-electron chi connectivity index (χ1n) is 6.44. The number of hydrogen-bond acceptors (Lipinski definition) is 1. The van der Waals surface area contributed by atoms with Crippen molar-refractivity contribution >= 4 is 6.03 Å². The maximum atomic E-state index is 9.00. The number of urea groups is 1. The summed E-state index contributed by atoms with van der Waals surface area (Å²) in [5.41, 5.74) is 9.92. The first-order valence-corrected chi connectivity index (χ1v) is 6.44. The highest BCUT2D eigenvalue weighted by Gasteiger charge is 2.10. The van der Waals surface area contributed by atoms with Crippen molar-refractivity contribution in [3.05, 3.63) is 48.0 Å². The summed E-state index contributed by atoms with van der Waals surface area (Å²) >= 11 is 0. The van der Waals surface area contributed by atoms with Crippen LogP contribution in [0.15, 0.2) is 42.5 Å². The maximum Gasteiger partial charge on any atom is 0.309 e. The summed E-state index contributed by atoms with van der Waals surface area (Å²) in [6.45, 7) is 0. The smallest absolute Gasteiger partial charge is 0.309 e. The molecule has 18 heavy (non-hydrogen) atoms. The fourth-order valence-electron chi connectivity index (χ4n) is 2.16. The van der Waals surface area contributed by atoms with Gasteiger partial charge in [-0.05, 0) is 30.7 Å². The minimum atomic E-state index is -0.833. The summed E-state index contributed by atoms with van der Waals surface area (Å²) in [5.74, 6) is 0.874. The van der Waals surface area contributed by atoms with E-state index in [1.165, 1.54) is 31.2 Å². The molecule has 1 saturated carbocycles. The first-order chi connectivity index (χ1) is 8.68. The van der Waals surface area contributed by atoms with Gasteiger partial charge in [-0.2, -0.15) is 0 Å². The standard InChI is InChI=1S/C14H18.CH4N2O/c1-2-7-13(8-3-1)11-6-12-14-9-4-5-10-14;2-1(3)4/h1-3,6-8,12,14H,4-5,9-11H2;(H4,2,3,4). The van der Waals surface area contributed by atoms with E-state index in [9.17, 15) is 0 Å². The van der Waals surface area contributed by atoms with Gasteiger partial charge < -0.3 is 11.5 Å². The van der Waals surface area contributed by atoms with Gasteiger partial charge in [0.1, 0.15) is 0 Å². The average Bonchev–Trinajstić information content (AvgIpc) is 2.83. The predicted molar refractivity (Wildman–Crippen MR) is 75.0 cm³/mol. The first kappa shape index (κ1) is 14.3. The summed E-state index contributed by atoms with van der Waals surface area (Å²) in [7, 11) is 0. The van der Waals surface area contributed by atoms with E-state index in [-0.39, 0.29) is 0 Å². The second-order valence-corrected chi connectivity index (χ2v) is 4.56. The van der Waals surface area contributed by atoms with Gasteiger partial charge in [0, 0.05) is 0 Å². The normalized spacial score (nSPS) is 15.3. The Hall–Kier alpha value is -1.77. The molecule has 1 aromatic carbocycles. The Bertz CT molecular complexity index is 363. The number of allylic oxidation sites excluding steroid dienone is 2. The predicted octanol–water partition coefficient (Wildman–Crippen LogP) is 3.00. The average molecular weight is 246 g/mol. The summed E-state index contributed by atoms with van der Waals surface area (Å²) in [5, 5.41) is 0. The Morgan fingerprint density at radius 1 is 1.17 bits per heavy atom. The quantitative estimate of drug-likeness (QED) is 0.791. The molecule has 2 amide bonds. The lowest BCUT2D eigenvalue weighted by Gasteiger charge is -2.00. The molecule has 3 nitrogen and oxygen atoms in total. The van der Waals surface area contributed by atoms with Gasteiger partial charge in [-0.15, -0.1) is 0 Å². The maximum absolute atomic E-state index is 9.00. The molecule has 2 rings (SSSR count). The van der Waals surface area contributed by atoms with Crippen LogP contribution in [0.25, 0.3) is 0 Å². The van der Waals surface area contributed by atoms with Crippen LogP contribution in [-0.4, -0.2) is 6.03 Å². The van der Waals surface area contributed by atoms with Crippen LogP contribution >= 0.6 is 0 Å². The minimum Gasteiger partial charge on any atom is -0.352 e. The van der Waals surface area contributed by atoms with E-state index in [4.69, 9.17) is 4.79 Å². The molecule has 1 fully saturated rings. The number of hydrogen-bond donors (Lipinski definition) is 2. The minimum absolute atomic E-state index is 0.833. The van der Waals surface area contributed by atoms with E-state index in [1.54, 1.807) is 0 Å². The lowest BCUT2D eigenvalue weighted by molar-refractivity contribution is 0.256. The van der Waals surface area contributed by atoms with Gasteiger partial charge in [0.05, 0.1) is 0 Å². The highest BCUT2D eigenvalue weighted by molar-refractivity contribution is 5.69. The van der Waals surface area contributed by atoms with E-state index in [0.717, 1.165) is 12.3 Å². The van der Waals surface area contributed by atoms with Crippen molar-refractivity contribution < 1.29 is 4.79 Å². The van der Waals surface area contributed by atoms with Crippen molar-refractivity contribution in [3.63, 3.8) is 0 Å². The molecule has 0 radical (unpaired) electrons. The molecule has 0 bridgehead atoms. The molecule has 98 valence electrons. The number of rotatable bonds is 3. The third-order valence-electron chi connectivity index (χ3n) is 3.00. The topological polar surface area (TPSA) is 69.1 Å². The van der Waals surface area contributed by atoms with Crippen LogP contribution in [0.4, 0.5) is 4.79 Å². The van der Waals surface area contributed by atoms with Crippen molar-refractivity contribution in [2.24, 2.45) is 17.4 Å². The molecular formula is C15H22N2O. The van der Waals surface area contributed by atoms with Crippen LogP contribution in [0.3, 0.4) is 0 Å². The molecule has 4 N–H and O–H groups in total. The van der Waals surface area contributed by atoms with Crippen molar-refractivity contribution in [1.82, 2.24) is 0 Å². The van der Waals surface area contributed by atoms with Crippen molar-refractivity contribution in [1.29, 1.82) is 0 Å². The number of primary amides is 2. The van der Waals surface area contributed by atoms with Crippen LogP contribution in [0.1, 0.15) is 31.2 Å². The van der Waals surface area contributed by atoms with Gasteiger partial charge in [-0.3, -0.25) is 0 Å². The largest absolute Gasteiger partial charge is 0.352 e. The fourth-order valence-corrected chi connectivity index (χ4v) is 2.16. The number of nitrogens with two attached hydrogens (primary N) is 2. The summed E-state index contributed by atoms with van der Waals surface area (Å²) in [6.07, 6.45) is 11.5. The van der Waals surface area contributed by atoms with Gasteiger partial charge in [0.2, 0.25) is 0 Å². The van der Waals surface area contributed by atoms with E-state index < -0.39 is 6.03 Å². The third kappa shape index (κ3) is 6.74. The lowest BCUT2D eigenvalue weighted by atomic mass is 10.1. The second kappa shape index (κ2) is 8.34. The number of carbonyl (C=O) groups excluding carboxylic acids is 1. The molecule has 1 aliphatic rings. The Labute approximate surface area is 109 Å². The molecule has 0 spiro atoms. The molecule has 0 aromatic heterocycles. The van der Waals surface area contributed by atoms with Crippen LogP contribution in [0.2, 0.25) is 0 Å². The zero-order valence-electron chi connectivity index (χ0n) is 10.7. The number of carbonyl (C=O) groups is 1. The zero-order valence-corrected chi connectivity index (χ0v) is 10.7. The molecule has 0 heterocycles. The SMILES string of the molecule is C(=CC1CCCC1)Cc1ccccc1.NC(N)=O. The lowest BCUT2D eigenvalue weighted by Crippen LogP contribution is -2.18. The molecule has 0 unspecified atom stereocenters. The van der Waals surface area contributed by atoms with Gasteiger partial charge in [-0.1, -0.05) is 55.3 Å². The zero-order chi connectivity index (χ0) is 13.2. The van der Waals surface area contributed by atoms with Gasteiger partial charge in [0.25, 0.3) is 0 Å². The Morgan fingerprint density at radius 3 is 2.28 bits per heavy atom. The molecule has 0 saturated heterocycles. The van der Waals surface area contributed by atoms with Gasteiger partial charge in [0.15, 0.2) is 0 Å². The highest BCUT2D eigenvalue weighted by Crippen LogP contribution is 2.25. The van der Waals surface area contributed by atoms with Gasteiger partial charge >= 0.3 is 6.03 Å². The molecule has 3 heteroatoms. The summed E-state index contributed by atoms with van der Waals surface area (Å²) in [4.78, 5) is 9.00. The fraction of sp³-hybridized carbons (Fsp3) is 0.400. The Kier molecular flexibility index (Phi) is 6.62. The third-order valence-corrected chi connectivity index (χ3v) is 3.00. The molecule has 0 aliphatic heterocycles. The molecular weight excluding hydrogens is 224 g/mol. The van der Waals surface area contributed by atoms with E-state index >= 15 is 0 Å². The van der Waals surface area contributed by atoms with E-state index in [1.807, 2.05) is 0 Å². The van der Waals surface area contributed by atoms with Crippen LogP contribution in [0.5, 0.6) is 0 Å². The Morgan fingerprint density at radius 2 is 1.72 bits per heavy atom. The van der Waals surface area contributed by atoms with Crippen molar-refractivity contribution in [3.8, 4) is 0 Å². The summed E-state index contributed by atoms with van der Waals surface area (Å²) < 4.78 is 0. The molecule has 0 atom stereocenters. The highest BCUT2D eigenvalue weighted by atomic mass is 16.2. The second-order valence-electron chi connectivity index (χ2n) is 4.56. The van der Waals surface area contributed by atoms with Crippen LogP contribution in [0, 0.1) is 5.92 Å². The van der Waals surface area contributed by atoms with Gasteiger partial charge in [-0.25, -0.2) is 4.79 Å². The molecule has 1 aromatic rings.